The fraction of sp³-hybridized carbons (Fsp3) is 0.364. The minimum absolute atomic E-state index is 0.229. The van der Waals surface area contributed by atoms with Crippen LogP contribution in [0.15, 0.2) is 41.8 Å². The lowest BCUT2D eigenvalue weighted by atomic mass is 10.0. The first-order valence-electron chi connectivity index (χ1n) is 10.1. The van der Waals surface area contributed by atoms with Crippen molar-refractivity contribution < 1.29 is 22.7 Å². The molecule has 0 spiro atoms. The van der Waals surface area contributed by atoms with E-state index in [9.17, 15) is 18.0 Å². The number of halogens is 3. The Bertz CT molecular complexity index is 1040. The van der Waals surface area contributed by atoms with Crippen LogP contribution in [0.5, 0.6) is 0 Å². The molecule has 1 aliphatic rings. The Hall–Kier alpha value is -2.27. The highest BCUT2D eigenvalue weighted by molar-refractivity contribution is 7.22. The Labute approximate surface area is 191 Å². The number of benzene rings is 1. The highest BCUT2D eigenvalue weighted by atomic mass is 32.1. The summed E-state index contributed by atoms with van der Waals surface area (Å²) in [6.45, 7) is 4.45. The molecule has 1 saturated heterocycles. The standard InChI is InChI=1S/C22H22F3N3O2S2/c1-14-19(32-21(27-14)18-3-2-12-31-18)20(29)26-13-17(28-8-10-30-11-9-28)15-4-6-16(7-5-15)22(23,24)25/h2-7,12,17H,8-11,13H2,1H3,(H,26,29). The van der Waals surface area contributed by atoms with Crippen molar-refractivity contribution in [2.24, 2.45) is 0 Å². The lowest BCUT2D eigenvalue weighted by Gasteiger charge is -2.35. The number of aryl methyl sites for hydroxylation is 1. The number of aromatic nitrogens is 1. The Morgan fingerprint density at radius 2 is 1.94 bits per heavy atom. The maximum atomic E-state index is 13.0. The molecule has 1 amide bonds. The quantitative estimate of drug-likeness (QED) is 0.538. The van der Waals surface area contributed by atoms with Crippen LogP contribution >= 0.6 is 22.7 Å². The number of hydrogen-bond donors (Lipinski definition) is 1. The summed E-state index contributed by atoms with van der Waals surface area (Å²) in [6, 6.07) is 8.80. The normalized spacial score (nSPS) is 16.1. The molecule has 1 aliphatic heterocycles. The van der Waals surface area contributed by atoms with Gasteiger partial charge in [-0.05, 0) is 36.1 Å². The van der Waals surface area contributed by atoms with Gasteiger partial charge in [0.1, 0.15) is 9.88 Å². The SMILES string of the molecule is Cc1nc(-c2cccs2)sc1C(=O)NCC(c1ccc(C(F)(F)F)cc1)N1CCOCC1. The molecule has 3 aromatic rings. The fourth-order valence-electron chi connectivity index (χ4n) is 3.62. The third kappa shape index (κ3) is 5.20. The number of hydrogen-bond acceptors (Lipinski definition) is 6. The second kappa shape index (κ2) is 9.70. The van der Waals surface area contributed by atoms with Crippen molar-refractivity contribution in [1.82, 2.24) is 15.2 Å². The van der Waals surface area contributed by atoms with Crippen LogP contribution in [0.4, 0.5) is 13.2 Å². The summed E-state index contributed by atoms with van der Waals surface area (Å²) < 4.78 is 44.3. The van der Waals surface area contributed by atoms with Crippen molar-refractivity contribution in [2.45, 2.75) is 19.1 Å². The molecule has 4 rings (SSSR count). The number of thiazole rings is 1. The molecule has 2 aromatic heterocycles. The predicted octanol–water partition coefficient (Wildman–Crippen LogP) is 5.00. The van der Waals surface area contributed by atoms with Gasteiger partial charge in [0, 0.05) is 19.6 Å². The average Bonchev–Trinajstić information content (AvgIpc) is 3.44. The number of alkyl halides is 3. The predicted molar refractivity (Wildman–Crippen MR) is 119 cm³/mol. The van der Waals surface area contributed by atoms with Crippen LogP contribution in [0.3, 0.4) is 0 Å². The minimum Gasteiger partial charge on any atom is -0.379 e. The van der Waals surface area contributed by atoms with Crippen LogP contribution in [-0.4, -0.2) is 48.6 Å². The van der Waals surface area contributed by atoms with Gasteiger partial charge in [-0.25, -0.2) is 4.98 Å². The molecule has 3 heterocycles. The van der Waals surface area contributed by atoms with E-state index < -0.39 is 11.7 Å². The number of carbonyl (C=O) groups excluding carboxylic acids is 1. The van der Waals surface area contributed by atoms with Crippen LogP contribution in [0, 0.1) is 6.92 Å². The summed E-state index contributed by atoms with van der Waals surface area (Å²) in [7, 11) is 0. The van der Waals surface area contributed by atoms with Crippen molar-refractivity contribution in [3.63, 3.8) is 0 Å². The van der Waals surface area contributed by atoms with E-state index in [1.165, 1.54) is 23.5 Å². The largest absolute Gasteiger partial charge is 0.416 e. The molecule has 0 radical (unpaired) electrons. The molecule has 1 atom stereocenters. The third-order valence-electron chi connectivity index (χ3n) is 5.30. The van der Waals surface area contributed by atoms with Crippen molar-refractivity contribution in [2.75, 3.05) is 32.8 Å². The lowest BCUT2D eigenvalue weighted by Crippen LogP contribution is -2.43. The van der Waals surface area contributed by atoms with Gasteiger partial charge in [0.05, 0.1) is 35.4 Å². The van der Waals surface area contributed by atoms with Gasteiger partial charge in [0.2, 0.25) is 0 Å². The molecule has 0 bridgehead atoms. The zero-order valence-electron chi connectivity index (χ0n) is 17.3. The molecular formula is C22H22F3N3O2S2. The molecule has 0 aliphatic carbocycles. The molecule has 1 unspecified atom stereocenters. The first kappa shape index (κ1) is 22.9. The van der Waals surface area contributed by atoms with Crippen LogP contribution in [0.25, 0.3) is 9.88 Å². The molecule has 170 valence electrons. The molecule has 10 heteroatoms. The molecule has 1 aromatic carbocycles. The van der Waals surface area contributed by atoms with E-state index >= 15 is 0 Å². The van der Waals surface area contributed by atoms with Crippen molar-refractivity contribution >= 4 is 28.6 Å². The topological polar surface area (TPSA) is 54.5 Å². The number of thiophene rings is 1. The highest BCUT2D eigenvalue weighted by Gasteiger charge is 2.31. The minimum atomic E-state index is -4.38. The highest BCUT2D eigenvalue weighted by Crippen LogP contribution is 2.32. The van der Waals surface area contributed by atoms with Gasteiger partial charge in [0.15, 0.2) is 0 Å². The van der Waals surface area contributed by atoms with E-state index in [2.05, 4.69) is 15.2 Å². The molecule has 32 heavy (non-hydrogen) atoms. The van der Waals surface area contributed by atoms with E-state index in [4.69, 9.17) is 4.74 Å². The van der Waals surface area contributed by atoms with Gasteiger partial charge < -0.3 is 10.1 Å². The second-order valence-electron chi connectivity index (χ2n) is 7.40. The third-order valence-corrected chi connectivity index (χ3v) is 7.50. The van der Waals surface area contributed by atoms with E-state index in [0.717, 1.165) is 27.6 Å². The average molecular weight is 482 g/mol. The van der Waals surface area contributed by atoms with Crippen LogP contribution in [-0.2, 0) is 10.9 Å². The first-order chi connectivity index (χ1) is 15.3. The summed E-state index contributed by atoms with van der Waals surface area (Å²) in [5, 5.41) is 5.73. The van der Waals surface area contributed by atoms with Crippen LogP contribution in [0.1, 0.15) is 32.5 Å². The number of nitrogens with one attached hydrogen (secondary N) is 1. The monoisotopic (exact) mass is 481 g/mol. The van der Waals surface area contributed by atoms with Crippen molar-refractivity contribution in [1.29, 1.82) is 0 Å². The number of ether oxygens (including phenoxy) is 1. The number of nitrogens with zero attached hydrogens (tertiary/aromatic N) is 2. The van der Waals surface area contributed by atoms with Crippen molar-refractivity contribution in [3.05, 3.63) is 63.5 Å². The van der Waals surface area contributed by atoms with Gasteiger partial charge >= 0.3 is 6.18 Å². The van der Waals surface area contributed by atoms with E-state index in [0.29, 0.717) is 36.9 Å². The molecule has 1 N–H and O–H groups in total. The van der Waals surface area contributed by atoms with Gasteiger partial charge in [-0.2, -0.15) is 13.2 Å². The number of carbonyl (C=O) groups is 1. The maximum absolute atomic E-state index is 13.0. The Morgan fingerprint density at radius 1 is 1.22 bits per heavy atom. The number of amides is 1. The summed E-state index contributed by atoms with van der Waals surface area (Å²) in [5.41, 5.74) is 0.696. The smallest absolute Gasteiger partial charge is 0.379 e. The number of morpholine rings is 1. The maximum Gasteiger partial charge on any atom is 0.416 e. The van der Waals surface area contributed by atoms with Gasteiger partial charge in [-0.1, -0.05) is 18.2 Å². The van der Waals surface area contributed by atoms with Gasteiger partial charge in [-0.15, -0.1) is 22.7 Å². The lowest BCUT2D eigenvalue weighted by molar-refractivity contribution is -0.137. The Morgan fingerprint density at radius 3 is 2.56 bits per heavy atom. The molecule has 5 nitrogen and oxygen atoms in total. The van der Waals surface area contributed by atoms with Crippen LogP contribution < -0.4 is 5.32 Å². The molecular weight excluding hydrogens is 459 g/mol. The second-order valence-corrected chi connectivity index (χ2v) is 9.35. The number of rotatable bonds is 6. The summed E-state index contributed by atoms with van der Waals surface area (Å²) in [4.78, 5) is 21.1. The Balaban J connectivity index is 1.51. The summed E-state index contributed by atoms with van der Waals surface area (Å²) >= 11 is 2.91. The molecule has 0 saturated carbocycles. The van der Waals surface area contributed by atoms with E-state index in [1.54, 1.807) is 18.3 Å². The van der Waals surface area contributed by atoms with Crippen molar-refractivity contribution in [3.8, 4) is 9.88 Å². The van der Waals surface area contributed by atoms with Gasteiger partial charge in [-0.3, -0.25) is 9.69 Å². The first-order valence-corrected chi connectivity index (χ1v) is 11.8. The van der Waals surface area contributed by atoms with E-state index in [-0.39, 0.29) is 18.5 Å². The summed E-state index contributed by atoms with van der Waals surface area (Å²) in [5.74, 6) is -0.229. The zero-order valence-corrected chi connectivity index (χ0v) is 18.9. The van der Waals surface area contributed by atoms with Crippen LogP contribution in [0.2, 0.25) is 0 Å². The Kier molecular flexibility index (Phi) is 6.94. The molecule has 1 fully saturated rings. The zero-order chi connectivity index (χ0) is 22.7. The van der Waals surface area contributed by atoms with E-state index in [1.807, 2.05) is 17.5 Å². The fourth-order valence-corrected chi connectivity index (χ4v) is 5.40. The summed E-state index contributed by atoms with van der Waals surface area (Å²) in [6.07, 6.45) is -4.38. The van der Waals surface area contributed by atoms with Gasteiger partial charge in [0.25, 0.3) is 5.91 Å².